The second-order valence-electron chi connectivity index (χ2n) is 12.2. The van der Waals surface area contributed by atoms with Crippen molar-refractivity contribution in [2.45, 2.75) is 23.6 Å². The fourth-order valence-electron chi connectivity index (χ4n) is 6.94. The monoisotopic (exact) mass is 621 g/mol. The van der Waals surface area contributed by atoms with E-state index < -0.39 is 0 Å². The zero-order chi connectivity index (χ0) is 31.5. The molecule has 0 saturated heterocycles. The highest BCUT2D eigenvalue weighted by Gasteiger charge is 2.21. The number of aromatic nitrogens is 3. The lowest BCUT2D eigenvalue weighted by molar-refractivity contribution is 1.05. The summed E-state index contributed by atoms with van der Waals surface area (Å²) in [6.07, 6.45) is 0. The van der Waals surface area contributed by atoms with E-state index in [1.807, 2.05) is 0 Å². The lowest BCUT2D eigenvalue weighted by atomic mass is 10.1. The summed E-state index contributed by atoms with van der Waals surface area (Å²) in [5.74, 6) is 0.929. The molecular formula is C43H31N3S. The zero-order valence-corrected chi connectivity index (χ0v) is 27.0. The van der Waals surface area contributed by atoms with Gasteiger partial charge in [0.15, 0.2) is 0 Å². The Balaban J connectivity index is 1.26. The third-order valence-corrected chi connectivity index (χ3v) is 10.1. The molecule has 0 fully saturated rings. The van der Waals surface area contributed by atoms with Crippen molar-refractivity contribution < 1.29 is 0 Å². The minimum absolute atomic E-state index is 0.929. The standard InChI is InChI=1S/C43H31N3S/c1-28-17-21-33(22-18-28)47-34-23-19-30(20-24-34)31-10-8-11-32(27-31)45-39-14-5-3-12-35(39)37-25-26-38-36-13-4-6-15-40(36)46(43(38)42(37)45)41-16-7-9-29(2)44-41/h3-27H,1-2H3. The molecule has 0 radical (unpaired) electrons. The highest BCUT2D eigenvalue weighted by Crippen LogP contribution is 2.42. The molecule has 47 heavy (non-hydrogen) atoms. The summed E-state index contributed by atoms with van der Waals surface area (Å²) in [7, 11) is 0. The molecule has 3 aromatic heterocycles. The second kappa shape index (κ2) is 11.0. The minimum atomic E-state index is 0.929. The molecule has 9 aromatic rings. The summed E-state index contributed by atoms with van der Waals surface area (Å²) >= 11 is 1.80. The largest absolute Gasteiger partial charge is 0.307 e. The molecule has 4 heteroatoms. The van der Waals surface area contributed by atoms with Gasteiger partial charge in [-0.1, -0.05) is 108 Å². The summed E-state index contributed by atoms with van der Waals surface area (Å²) in [5, 5.41) is 4.91. The van der Waals surface area contributed by atoms with E-state index in [0.717, 1.165) is 22.7 Å². The fraction of sp³-hybridized carbons (Fsp3) is 0.0465. The van der Waals surface area contributed by atoms with Gasteiger partial charge in [-0.15, -0.1) is 0 Å². The first-order chi connectivity index (χ1) is 23.1. The van der Waals surface area contributed by atoms with E-state index in [2.05, 4.69) is 175 Å². The lowest BCUT2D eigenvalue weighted by Gasteiger charge is -2.13. The predicted octanol–water partition coefficient (Wildman–Crippen LogP) is 11.7. The Hall–Kier alpha value is -5.58. The molecule has 3 heterocycles. The normalized spacial score (nSPS) is 11.7. The van der Waals surface area contributed by atoms with Gasteiger partial charge >= 0.3 is 0 Å². The molecule has 6 aromatic carbocycles. The van der Waals surface area contributed by atoms with Gasteiger partial charge in [0.25, 0.3) is 0 Å². The summed E-state index contributed by atoms with van der Waals surface area (Å²) < 4.78 is 4.80. The van der Waals surface area contributed by atoms with Gasteiger partial charge in [-0.25, -0.2) is 4.98 Å². The van der Waals surface area contributed by atoms with Crippen molar-refractivity contribution in [1.82, 2.24) is 14.1 Å². The van der Waals surface area contributed by atoms with Gasteiger partial charge in [0.05, 0.1) is 22.1 Å². The number of aryl methyl sites for hydroxylation is 2. The van der Waals surface area contributed by atoms with E-state index in [1.54, 1.807) is 11.8 Å². The Bertz CT molecular complexity index is 2610. The third-order valence-electron chi connectivity index (χ3n) is 9.12. The van der Waals surface area contributed by atoms with E-state index in [9.17, 15) is 0 Å². The van der Waals surface area contributed by atoms with Crippen LogP contribution in [0.25, 0.3) is 66.2 Å². The Labute approximate surface area is 277 Å². The molecule has 0 aliphatic heterocycles. The average molecular weight is 622 g/mol. The molecule has 3 nitrogen and oxygen atoms in total. The molecule has 224 valence electrons. The van der Waals surface area contributed by atoms with Gasteiger partial charge < -0.3 is 4.57 Å². The fourth-order valence-corrected chi connectivity index (χ4v) is 7.76. The SMILES string of the molecule is Cc1ccc(Sc2ccc(-c3cccc(-n4c5ccccc5c5ccc6c7ccccc7n(-c7cccc(C)n7)c6c54)c3)cc2)cc1. The van der Waals surface area contributed by atoms with Crippen molar-refractivity contribution in [3.05, 3.63) is 163 Å². The number of hydrogen-bond donors (Lipinski definition) is 0. The summed E-state index contributed by atoms with van der Waals surface area (Å²) in [6, 6.07) is 54.9. The Morgan fingerprint density at radius 3 is 1.74 bits per heavy atom. The molecule has 0 aliphatic rings. The van der Waals surface area contributed by atoms with Gasteiger partial charge in [0.2, 0.25) is 0 Å². The maximum Gasteiger partial charge on any atom is 0.137 e. The van der Waals surface area contributed by atoms with Crippen LogP contribution >= 0.6 is 11.8 Å². The second-order valence-corrected chi connectivity index (χ2v) is 13.3. The molecule has 0 unspecified atom stereocenters. The van der Waals surface area contributed by atoms with Crippen LogP contribution in [-0.4, -0.2) is 14.1 Å². The number of nitrogens with zero attached hydrogens (tertiary/aromatic N) is 3. The number of rotatable bonds is 5. The molecule has 9 rings (SSSR count). The zero-order valence-electron chi connectivity index (χ0n) is 26.2. The van der Waals surface area contributed by atoms with Crippen molar-refractivity contribution in [3.63, 3.8) is 0 Å². The number of pyridine rings is 1. The third kappa shape index (κ3) is 4.64. The lowest BCUT2D eigenvalue weighted by Crippen LogP contribution is -2.01. The molecule has 0 bridgehead atoms. The van der Waals surface area contributed by atoms with Crippen molar-refractivity contribution in [3.8, 4) is 22.6 Å². The van der Waals surface area contributed by atoms with E-state index in [0.29, 0.717) is 0 Å². The van der Waals surface area contributed by atoms with Crippen molar-refractivity contribution >= 4 is 55.4 Å². The average Bonchev–Trinajstić information content (AvgIpc) is 3.63. The van der Waals surface area contributed by atoms with Gasteiger partial charge in [-0.2, -0.15) is 0 Å². The first-order valence-corrected chi connectivity index (χ1v) is 16.8. The van der Waals surface area contributed by atoms with Crippen molar-refractivity contribution in [2.75, 3.05) is 0 Å². The number of para-hydroxylation sites is 2. The molecule has 0 atom stereocenters. The number of fused-ring (bicyclic) bond motifs is 7. The van der Waals surface area contributed by atoms with E-state index >= 15 is 0 Å². The van der Waals surface area contributed by atoms with Crippen LogP contribution in [0.15, 0.2) is 161 Å². The van der Waals surface area contributed by atoms with Gasteiger partial charge in [0.1, 0.15) is 5.82 Å². The smallest absolute Gasteiger partial charge is 0.137 e. The van der Waals surface area contributed by atoms with Crippen LogP contribution in [0.4, 0.5) is 0 Å². The van der Waals surface area contributed by atoms with Crippen LogP contribution < -0.4 is 0 Å². The summed E-state index contributed by atoms with van der Waals surface area (Å²) in [6.45, 7) is 4.18. The highest BCUT2D eigenvalue weighted by molar-refractivity contribution is 7.99. The van der Waals surface area contributed by atoms with E-state index in [1.165, 1.54) is 64.6 Å². The maximum atomic E-state index is 5.02. The van der Waals surface area contributed by atoms with Crippen LogP contribution in [0.1, 0.15) is 11.3 Å². The molecule has 0 amide bonds. The Morgan fingerprint density at radius 2 is 1.06 bits per heavy atom. The molecule has 0 spiro atoms. The quantitative estimate of drug-likeness (QED) is 0.191. The summed E-state index contributed by atoms with van der Waals surface area (Å²) in [4.78, 5) is 7.51. The molecular weight excluding hydrogens is 591 g/mol. The molecule has 0 aliphatic carbocycles. The van der Waals surface area contributed by atoms with E-state index in [-0.39, 0.29) is 0 Å². The topological polar surface area (TPSA) is 22.8 Å². The van der Waals surface area contributed by atoms with Gasteiger partial charge in [0, 0.05) is 42.7 Å². The van der Waals surface area contributed by atoms with Gasteiger partial charge in [-0.3, -0.25) is 4.57 Å². The Kier molecular flexibility index (Phi) is 6.51. The first kappa shape index (κ1) is 27.7. The number of benzene rings is 6. The Morgan fingerprint density at radius 1 is 0.468 bits per heavy atom. The molecule has 0 saturated carbocycles. The first-order valence-electron chi connectivity index (χ1n) is 16.0. The maximum absolute atomic E-state index is 5.02. The van der Waals surface area contributed by atoms with Crippen LogP contribution in [0.2, 0.25) is 0 Å². The van der Waals surface area contributed by atoms with Crippen LogP contribution in [0.3, 0.4) is 0 Å². The highest BCUT2D eigenvalue weighted by atomic mass is 32.2. The summed E-state index contributed by atoms with van der Waals surface area (Å²) in [5.41, 5.74) is 10.5. The van der Waals surface area contributed by atoms with Crippen molar-refractivity contribution in [1.29, 1.82) is 0 Å². The minimum Gasteiger partial charge on any atom is -0.307 e. The number of hydrogen-bond acceptors (Lipinski definition) is 2. The van der Waals surface area contributed by atoms with E-state index in [4.69, 9.17) is 4.98 Å². The van der Waals surface area contributed by atoms with Crippen LogP contribution in [0.5, 0.6) is 0 Å². The van der Waals surface area contributed by atoms with Crippen LogP contribution in [0, 0.1) is 13.8 Å². The predicted molar refractivity (Wildman–Crippen MR) is 198 cm³/mol. The van der Waals surface area contributed by atoms with Crippen molar-refractivity contribution in [2.24, 2.45) is 0 Å². The molecule has 0 N–H and O–H groups in total. The van der Waals surface area contributed by atoms with Crippen LogP contribution in [-0.2, 0) is 0 Å². The van der Waals surface area contributed by atoms with Gasteiger partial charge in [-0.05, 0) is 85.6 Å².